The van der Waals surface area contributed by atoms with Crippen LogP contribution in [0.5, 0.6) is 0 Å². The summed E-state index contributed by atoms with van der Waals surface area (Å²) in [6.45, 7) is 8.68. The molecule has 0 aliphatic carbocycles. The van der Waals surface area contributed by atoms with Gasteiger partial charge in [-0.05, 0) is 51.1 Å². The predicted octanol–water partition coefficient (Wildman–Crippen LogP) is 3.72. The van der Waals surface area contributed by atoms with Gasteiger partial charge >= 0.3 is 6.09 Å². The van der Waals surface area contributed by atoms with Gasteiger partial charge in [-0.3, -0.25) is 9.89 Å². The third-order valence-electron chi connectivity index (χ3n) is 4.32. The molecule has 0 saturated heterocycles. The van der Waals surface area contributed by atoms with Crippen molar-refractivity contribution in [3.8, 4) is 0 Å². The quantitative estimate of drug-likeness (QED) is 0.189. The first-order valence-electron chi connectivity index (χ1n) is 10.5. The van der Waals surface area contributed by atoms with E-state index in [-0.39, 0.29) is 24.0 Å². The van der Waals surface area contributed by atoms with Crippen LogP contribution in [-0.4, -0.2) is 49.7 Å². The molecule has 1 aromatic carbocycles. The fourth-order valence-electron chi connectivity index (χ4n) is 2.96. The predicted molar refractivity (Wildman–Crippen MR) is 138 cm³/mol. The summed E-state index contributed by atoms with van der Waals surface area (Å²) in [5.74, 6) is 1.62. The van der Waals surface area contributed by atoms with Gasteiger partial charge in [0.1, 0.15) is 11.4 Å². The van der Waals surface area contributed by atoms with Gasteiger partial charge in [-0.1, -0.05) is 24.3 Å². The number of nitrogens with zero attached hydrogens (tertiary/aromatic N) is 2. The zero-order valence-corrected chi connectivity index (χ0v) is 21.9. The van der Waals surface area contributed by atoms with Gasteiger partial charge in [-0.15, -0.1) is 24.0 Å². The fraction of sp³-hybridized carbons (Fsp3) is 0.478. The number of carbonyl (C=O) groups excluding carboxylic acids is 1. The molecule has 2 aromatic rings. The Hall–Kier alpha value is -2.27. The SMILES string of the molecule is CN=C(NCCNC(=O)OC(C)(C)C)NCc1ccccc1CN(C)Cc1ccco1.I. The highest BCUT2D eigenvalue weighted by Crippen LogP contribution is 2.13. The molecule has 3 N–H and O–H groups in total. The molecule has 9 heteroatoms. The van der Waals surface area contributed by atoms with Crippen molar-refractivity contribution in [3.63, 3.8) is 0 Å². The van der Waals surface area contributed by atoms with E-state index in [0.717, 1.165) is 18.8 Å². The number of hydrogen-bond acceptors (Lipinski definition) is 5. The number of furan rings is 1. The van der Waals surface area contributed by atoms with Crippen molar-refractivity contribution in [2.45, 2.75) is 46.0 Å². The number of alkyl carbamates (subject to hydrolysis) is 1. The molecular formula is C23H36IN5O3. The van der Waals surface area contributed by atoms with E-state index in [1.807, 2.05) is 39.0 Å². The summed E-state index contributed by atoms with van der Waals surface area (Å²) < 4.78 is 10.7. The third kappa shape index (κ3) is 10.9. The van der Waals surface area contributed by atoms with Gasteiger partial charge in [0.25, 0.3) is 0 Å². The second-order valence-electron chi connectivity index (χ2n) is 8.30. The second-order valence-corrected chi connectivity index (χ2v) is 8.30. The summed E-state index contributed by atoms with van der Waals surface area (Å²) >= 11 is 0. The average molecular weight is 557 g/mol. The molecule has 178 valence electrons. The van der Waals surface area contributed by atoms with E-state index in [9.17, 15) is 4.79 Å². The number of aliphatic imine (C=N–C) groups is 1. The number of nitrogens with one attached hydrogen (secondary N) is 3. The standard InChI is InChI=1S/C23H35N5O3.HI/c1-23(2,3)31-22(29)26-13-12-25-21(24-4)27-15-18-9-6-7-10-19(18)16-28(5)17-20-11-8-14-30-20;/h6-11,14H,12-13,15-17H2,1-5H3,(H,26,29)(H2,24,25,27);1H. The first kappa shape index (κ1) is 27.8. The van der Waals surface area contributed by atoms with Crippen LogP contribution in [0.15, 0.2) is 52.1 Å². The Balaban J connectivity index is 0.00000512. The van der Waals surface area contributed by atoms with Crippen molar-refractivity contribution in [1.29, 1.82) is 0 Å². The Morgan fingerprint density at radius 1 is 1.03 bits per heavy atom. The van der Waals surface area contributed by atoms with Crippen molar-refractivity contribution in [3.05, 3.63) is 59.5 Å². The Labute approximate surface area is 208 Å². The topological polar surface area (TPSA) is 91.1 Å². The molecule has 8 nitrogen and oxygen atoms in total. The zero-order chi connectivity index (χ0) is 22.7. The third-order valence-corrected chi connectivity index (χ3v) is 4.32. The second kappa shape index (κ2) is 14.0. The van der Waals surface area contributed by atoms with Crippen molar-refractivity contribution < 1.29 is 13.9 Å². The summed E-state index contributed by atoms with van der Waals surface area (Å²) in [6.07, 6.45) is 1.27. The largest absolute Gasteiger partial charge is 0.468 e. The summed E-state index contributed by atoms with van der Waals surface area (Å²) in [5, 5.41) is 9.24. The van der Waals surface area contributed by atoms with Crippen LogP contribution in [0.25, 0.3) is 0 Å². The molecule has 0 unspecified atom stereocenters. The van der Waals surface area contributed by atoms with Crippen LogP contribution < -0.4 is 16.0 Å². The van der Waals surface area contributed by atoms with Gasteiger partial charge in [0.15, 0.2) is 5.96 Å². The smallest absolute Gasteiger partial charge is 0.407 e. The van der Waals surface area contributed by atoms with E-state index in [4.69, 9.17) is 9.15 Å². The lowest BCUT2D eigenvalue weighted by Gasteiger charge is -2.20. The number of halogens is 1. The van der Waals surface area contributed by atoms with E-state index in [1.54, 1.807) is 13.3 Å². The maximum atomic E-state index is 11.7. The highest BCUT2D eigenvalue weighted by Gasteiger charge is 2.15. The number of hydrogen-bond donors (Lipinski definition) is 3. The summed E-state index contributed by atoms with van der Waals surface area (Å²) in [4.78, 5) is 18.2. The highest BCUT2D eigenvalue weighted by atomic mass is 127. The number of rotatable bonds is 9. The van der Waals surface area contributed by atoms with Gasteiger partial charge in [0.2, 0.25) is 0 Å². The molecular weight excluding hydrogens is 521 g/mol. The normalized spacial score (nSPS) is 11.6. The summed E-state index contributed by atoms with van der Waals surface area (Å²) in [7, 11) is 3.80. The minimum absolute atomic E-state index is 0. The van der Waals surface area contributed by atoms with Crippen LogP contribution in [0.1, 0.15) is 37.7 Å². The Morgan fingerprint density at radius 2 is 1.72 bits per heavy atom. The van der Waals surface area contributed by atoms with Crippen LogP contribution in [0.4, 0.5) is 4.79 Å². The van der Waals surface area contributed by atoms with E-state index in [2.05, 4.69) is 51.1 Å². The molecule has 0 saturated carbocycles. The lowest BCUT2D eigenvalue weighted by atomic mass is 10.1. The lowest BCUT2D eigenvalue weighted by molar-refractivity contribution is 0.0529. The zero-order valence-electron chi connectivity index (χ0n) is 19.6. The molecule has 0 aliphatic heterocycles. The molecule has 0 spiro atoms. The molecule has 0 atom stereocenters. The minimum atomic E-state index is -0.505. The van der Waals surface area contributed by atoms with Crippen LogP contribution in [0.3, 0.4) is 0 Å². The summed E-state index contributed by atoms with van der Waals surface area (Å²) in [6, 6.07) is 12.2. The van der Waals surface area contributed by atoms with E-state index in [1.165, 1.54) is 11.1 Å². The van der Waals surface area contributed by atoms with Gasteiger partial charge in [0, 0.05) is 33.2 Å². The molecule has 0 aliphatic rings. The van der Waals surface area contributed by atoms with Gasteiger partial charge in [-0.25, -0.2) is 4.79 Å². The van der Waals surface area contributed by atoms with E-state index < -0.39 is 11.7 Å². The maximum absolute atomic E-state index is 11.7. The summed E-state index contributed by atoms with van der Waals surface area (Å²) in [5.41, 5.74) is 1.93. The Kier molecular flexibility index (Phi) is 12.1. The average Bonchev–Trinajstić information content (AvgIpc) is 3.20. The van der Waals surface area contributed by atoms with Crippen molar-refractivity contribution in [2.75, 3.05) is 27.2 Å². The number of carbonyl (C=O) groups is 1. The molecule has 1 heterocycles. The van der Waals surface area contributed by atoms with Crippen LogP contribution >= 0.6 is 24.0 Å². The molecule has 1 aromatic heterocycles. The Morgan fingerprint density at radius 3 is 2.34 bits per heavy atom. The fourth-order valence-corrected chi connectivity index (χ4v) is 2.96. The molecule has 2 rings (SSSR count). The van der Waals surface area contributed by atoms with Crippen molar-refractivity contribution >= 4 is 36.0 Å². The minimum Gasteiger partial charge on any atom is -0.468 e. The number of guanidine groups is 1. The molecule has 0 fully saturated rings. The van der Waals surface area contributed by atoms with Crippen LogP contribution in [-0.2, 0) is 24.4 Å². The van der Waals surface area contributed by atoms with E-state index in [0.29, 0.717) is 25.6 Å². The molecule has 0 radical (unpaired) electrons. The Bertz CT molecular complexity index is 834. The first-order valence-corrected chi connectivity index (χ1v) is 10.5. The monoisotopic (exact) mass is 557 g/mol. The molecule has 0 bridgehead atoms. The van der Waals surface area contributed by atoms with Gasteiger partial charge in [-0.2, -0.15) is 0 Å². The molecule has 32 heavy (non-hydrogen) atoms. The van der Waals surface area contributed by atoms with Gasteiger partial charge < -0.3 is 25.1 Å². The van der Waals surface area contributed by atoms with Gasteiger partial charge in [0.05, 0.1) is 12.8 Å². The van der Waals surface area contributed by atoms with Crippen molar-refractivity contribution in [1.82, 2.24) is 20.9 Å². The van der Waals surface area contributed by atoms with Crippen molar-refractivity contribution in [2.24, 2.45) is 4.99 Å². The lowest BCUT2D eigenvalue weighted by Crippen LogP contribution is -2.42. The first-order chi connectivity index (χ1) is 14.8. The number of amides is 1. The highest BCUT2D eigenvalue weighted by molar-refractivity contribution is 14.0. The molecule has 1 amide bonds. The number of ether oxygens (including phenoxy) is 1. The van der Waals surface area contributed by atoms with Crippen LogP contribution in [0, 0.1) is 0 Å². The van der Waals surface area contributed by atoms with E-state index >= 15 is 0 Å². The number of benzene rings is 1. The maximum Gasteiger partial charge on any atom is 0.407 e. The van der Waals surface area contributed by atoms with Crippen LogP contribution in [0.2, 0.25) is 0 Å².